The summed E-state index contributed by atoms with van der Waals surface area (Å²) in [5, 5.41) is 10.00. The summed E-state index contributed by atoms with van der Waals surface area (Å²) in [7, 11) is 0. The van der Waals surface area contributed by atoms with Gasteiger partial charge in [0.2, 0.25) is 0 Å². The van der Waals surface area contributed by atoms with Crippen molar-refractivity contribution in [2.45, 2.75) is 0 Å². The maximum atomic E-state index is 2.40. The van der Waals surface area contributed by atoms with E-state index in [1.165, 1.54) is 87.6 Å². The van der Waals surface area contributed by atoms with Crippen molar-refractivity contribution in [3.05, 3.63) is 291 Å². The van der Waals surface area contributed by atoms with Crippen molar-refractivity contribution >= 4 is 77.2 Å². The Labute approximate surface area is 420 Å². The Hall–Kier alpha value is -9.50. The van der Waals surface area contributed by atoms with Crippen molar-refractivity contribution in [1.82, 2.24) is 0 Å². The SMILES string of the molecule is c1ccc(N(c2ccccc2)c2ccc(-c3cccc(-c4c5ccccc5c(-c5cccc(-c6ccc(N(c7ccccc7)c7ccccc7)cc6)c5)c5c6ccccc6c6ccccc6c45)c3)cc2)cc1. The molecular formula is C70H48N2. The van der Waals surface area contributed by atoms with E-state index >= 15 is 0 Å². The molecule has 338 valence electrons. The average Bonchev–Trinajstić information content (AvgIpc) is 3.46. The van der Waals surface area contributed by atoms with E-state index in [0.717, 1.165) is 34.1 Å². The number of benzene rings is 13. The number of para-hydroxylation sites is 4. The fourth-order valence-corrected chi connectivity index (χ4v) is 11.0. The van der Waals surface area contributed by atoms with Crippen LogP contribution in [0.25, 0.3) is 87.6 Å². The van der Waals surface area contributed by atoms with Crippen LogP contribution in [0.3, 0.4) is 0 Å². The van der Waals surface area contributed by atoms with Gasteiger partial charge in [0.15, 0.2) is 0 Å². The van der Waals surface area contributed by atoms with Crippen molar-refractivity contribution < 1.29 is 0 Å². The quantitative estimate of drug-likeness (QED) is 0.0996. The van der Waals surface area contributed by atoms with E-state index in [-0.39, 0.29) is 0 Å². The van der Waals surface area contributed by atoms with Gasteiger partial charge in [-0.2, -0.15) is 0 Å². The van der Waals surface area contributed by atoms with Crippen LogP contribution in [0.1, 0.15) is 0 Å². The highest BCUT2D eigenvalue weighted by Gasteiger charge is 2.23. The topological polar surface area (TPSA) is 6.48 Å². The Bertz CT molecular complexity index is 3710. The summed E-state index contributed by atoms with van der Waals surface area (Å²) in [5.41, 5.74) is 16.3. The second-order valence-electron chi connectivity index (χ2n) is 18.4. The molecule has 0 aliphatic rings. The fourth-order valence-electron chi connectivity index (χ4n) is 11.0. The van der Waals surface area contributed by atoms with Crippen LogP contribution >= 0.6 is 0 Å². The van der Waals surface area contributed by atoms with Gasteiger partial charge in [0, 0.05) is 34.1 Å². The van der Waals surface area contributed by atoms with E-state index in [0.29, 0.717) is 0 Å². The number of rotatable bonds is 10. The lowest BCUT2D eigenvalue weighted by molar-refractivity contribution is 1.28. The first-order valence-electron chi connectivity index (χ1n) is 24.8. The van der Waals surface area contributed by atoms with Crippen LogP contribution in [0.4, 0.5) is 34.1 Å². The molecule has 0 unspecified atom stereocenters. The third-order valence-corrected chi connectivity index (χ3v) is 14.2. The van der Waals surface area contributed by atoms with Crippen LogP contribution < -0.4 is 9.80 Å². The monoisotopic (exact) mass is 916 g/mol. The van der Waals surface area contributed by atoms with Crippen molar-refractivity contribution in [2.75, 3.05) is 9.80 Å². The van der Waals surface area contributed by atoms with Gasteiger partial charge in [0.25, 0.3) is 0 Å². The van der Waals surface area contributed by atoms with Crippen LogP contribution in [0.15, 0.2) is 291 Å². The van der Waals surface area contributed by atoms with Gasteiger partial charge in [-0.3, -0.25) is 0 Å². The summed E-state index contributed by atoms with van der Waals surface area (Å²) in [6.45, 7) is 0. The Balaban J connectivity index is 0.970. The van der Waals surface area contributed by atoms with Gasteiger partial charge < -0.3 is 9.80 Å². The molecule has 13 aromatic rings. The maximum absolute atomic E-state index is 2.40. The molecule has 2 nitrogen and oxygen atoms in total. The number of fused-ring (bicyclic) bond motifs is 7. The first-order valence-corrected chi connectivity index (χ1v) is 24.8. The first kappa shape index (κ1) is 42.6. The van der Waals surface area contributed by atoms with E-state index in [1.807, 2.05) is 0 Å². The Morgan fingerprint density at radius 3 is 0.764 bits per heavy atom. The zero-order valence-electron chi connectivity index (χ0n) is 39.6. The van der Waals surface area contributed by atoms with E-state index in [4.69, 9.17) is 0 Å². The van der Waals surface area contributed by atoms with Crippen molar-refractivity contribution in [2.24, 2.45) is 0 Å². The van der Waals surface area contributed by atoms with Crippen molar-refractivity contribution in [3.63, 3.8) is 0 Å². The highest BCUT2D eigenvalue weighted by atomic mass is 15.1. The van der Waals surface area contributed by atoms with Crippen LogP contribution in [-0.2, 0) is 0 Å². The standard InChI is InChI=1S/C70H48N2/c1-5-25-55(26-6-1)71(56-27-7-2-8-28-56)59-43-39-49(40-44-59)51-21-19-23-53(47-51)67-65-37-17-18-38-66(65)68(70-64-36-16-14-34-62(64)61-33-13-15-35-63(61)69(67)70)54-24-20-22-52(48-54)50-41-45-60(46-42-50)72(57-29-9-3-10-30-57)58-31-11-4-12-32-58/h1-48H. The van der Waals surface area contributed by atoms with Gasteiger partial charge in [-0.25, -0.2) is 0 Å². The summed E-state index contributed by atoms with van der Waals surface area (Å²) in [6.07, 6.45) is 0. The Kier molecular flexibility index (Phi) is 10.9. The highest BCUT2D eigenvalue weighted by Crippen LogP contribution is 2.50. The van der Waals surface area contributed by atoms with E-state index < -0.39 is 0 Å². The molecule has 0 aliphatic carbocycles. The molecule has 0 fully saturated rings. The highest BCUT2D eigenvalue weighted by molar-refractivity contribution is 6.36. The van der Waals surface area contributed by atoms with Gasteiger partial charge in [0.05, 0.1) is 0 Å². The predicted molar refractivity (Wildman–Crippen MR) is 308 cm³/mol. The second kappa shape index (κ2) is 18.4. The van der Waals surface area contributed by atoms with E-state index in [1.54, 1.807) is 0 Å². The molecule has 13 aromatic carbocycles. The molecule has 0 atom stereocenters. The Morgan fingerprint density at radius 1 is 0.167 bits per heavy atom. The van der Waals surface area contributed by atoms with Crippen LogP contribution in [0.5, 0.6) is 0 Å². The van der Waals surface area contributed by atoms with E-state index in [9.17, 15) is 0 Å². The second-order valence-corrected chi connectivity index (χ2v) is 18.4. The Morgan fingerprint density at radius 2 is 0.431 bits per heavy atom. The minimum absolute atomic E-state index is 1.11. The molecule has 13 rings (SSSR count). The number of anilines is 6. The van der Waals surface area contributed by atoms with E-state index in [2.05, 4.69) is 301 Å². The molecule has 0 aliphatic heterocycles. The van der Waals surface area contributed by atoms with Crippen molar-refractivity contribution in [1.29, 1.82) is 0 Å². The summed E-state index contributed by atoms with van der Waals surface area (Å²) in [4.78, 5) is 4.63. The molecule has 0 radical (unpaired) electrons. The molecule has 0 spiro atoms. The van der Waals surface area contributed by atoms with Crippen molar-refractivity contribution in [3.8, 4) is 44.5 Å². The smallest absolute Gasteiger partial charge is 0.0462 e. The third kappa shape index (κ3) is 7.63. The minimum Gasteiger partial charge on any atom is -0.311 e. The van der Waals surface area contributed by atoms with Crippen LogP contribution in [-0.4, -0.2) is 0 Å². The minimum atomic E-state index is 1.11. The molecule has 0 N–H and O–H groups in total. The summed E-state index contributed by atoms with van der Waals surface area (Å²) < 4.78 is 0. The molecular weight excluding hydrogens is 869 g/mol. The summed E-state index contributed by atoms with van der Waals surface area (Å²) in [6, 6.07) is 106. The third-order valence-electron chi connectivity index (χ3n) is 14.2. The molecule has 0 saturated carbocycles. The summed E-state index contributed by atoms with van der Waals surface area (Å²) >= 11 is 0. The lowest BCUT2D eigenvalue weighted by Crippen LogP contribution is -2.09. The van der Waals surface area contributed by atoms with Gasteiger partial charge in [0.1, 0.15) is 0 Å². The van der Waals surface area contributed by atoms with Gasteiger partial charge >= 0.3 is 0 Å². The molecule has 0 aromatic heterocycles. The predicted octanol–water partition coefficient (Wildman–Crippen LogP) is 19.9. The molecule has 0 bridgehead atoms. The lowest BCUT2D eigenvalue weighted by Gasteiger charge is -2.25. The van der Waals surface area contributed by atoms with Gasteiger partial charge in [-0.05, 0) is 173 Å². The zero-order chi connectivity index (χ0) is 47.8. The average molecular weight is 917 g/mol. The summed E-state index contributed by atoms with van der Waals surface area (Å²) in [5.74, 6) is 0. The maximum Gasteiger partial charge on any atom is 0.0462 e. The largest absolute Gasteiger partial charge is 0.311 e. The molecule has 0 amide bonds. The molecule has 0 heterocycles. The zero-order valence-corrected chi connectivity index (χ0v) is 39.6. The fraction of sp³-hybridized carbons (Fsp3) is 0. The normalized spacial score (nSPS) is 11.3. The number of hydrogen-bond acceptors (Lipinski definition) is 2. The van der Waals surface area contributed by atoms with Gasteiger partial charge in [-0.1, -0.05) is 206 Å². The van der Waals surface area contributed by atoms with Crippen LogP contribution in [0, 0.1) is 0 Å². The lowest BCUT2D eigenvalue weighted by atomic mass is 9.81. The molecule has 2 heteroatoms. The number of nitrogens with zero attached hydrogens (tertiary/aromatic N) is 2. The van der Waals surface area contributed by atoms with Crippen LogP contribution in [0.2, 0.25) is 0 Å². The first-order chi connectivity index (χ1) is 35.7. The molecule has 0 saturated heterocycles. The number of hydrogen-bond donors (Lipinski definition) is 0. The van der Waals surface area contributed by atoms with Gasteiger partial charge in [-0.15, -0.1) is 0 Å². The molecule has 72 heavy (non-hydrogen) atoms.